The van der Waals surface area contributed by atoms with E-state index in [1.54, 1.807) is 0 Å². The minimum Gasteiger partial charge on any atom is -0.394 e. The summed E-state index contributed by atoms with van der Waals surface area (Å²) in [6, 6.07) is 0. The predicted octanol–water partition coefficient (Wildman–Crippen LogP) is -1.91. The molecule has 0 spiro atoms. The number of carbonyl (C=O) groups excluding carboxylic acids is 1. The van der Waals surface area contributed by atoms with Crippen LogP contribution in [0.2, 0.25) is 0 Å². The number of aliphatic hydroxyl groups is 2. The van der Waals surface area contributed by atoms with Crippen molar-refractivity contribution in [2.45, 2.75) is 13.0 Å². The zero-order chi connectivity index (χ0) is 15.0. The molecule has 1 atom stereocenters. The van der Waals surface area contributed by atoms with Gasteiger partial charge in [-0.05, 0) is 0 Å². The van der Waals surface area contributed by atoms with E-state index < -0.39 is 40.9 Å². The normalized spacial score (nSPS) is 13.3. The van der Waals surface area contributed by atoms with Gasteiger partial charge in [-0.15, -0.1) is 0 Å². The maximum Gasteiger partial charge on any atom is 0.526 e. The van der Waals surface area contributed by atoms with E-state index in [0.717, 1.165) is 6.92 Å². The summed E-state index contributed by atoms with van der Waals surface area (Å²) >= 11 is 0. The number of phosphoric ester groups is 2. The molecular weight excluding hydrogens is 298 g/mol. The van der Waals surface area contributed by atoms with Crippen molar-refractivity contribution in [3.8, 4) is 0 Å². The van der Waals surface area contributed by atoms with Crippen molar-refractivity contribution >= 4 is 21.6 Å². The lowest BCUT2D eigenvalue weighted by molar-refractivity contribution is -0.133. The van der Waals surface area contributed by atoms with E-state index in [4.69, 9.17) is 29.8 Å². The van der Waals surface area contributed by atoms with E-state index in [0.29, 0.717) is 0 Å². The van der Waals surface area contributed by atoms with Crippen molar-refractivity contribution in [3.63, 3.8) is 0 Å². The van der Waals surface area contributed by atoms with Gasteiger partial charge in [0.2, 0.25) is 0 Å². The van der Waals surface area contributed by atoms with E-state index in [-0.39, 0.29) is 0 Å². The Labute approximate surface area is 101 Å². The molecule has 0 saturated heterocycles. The van der Waals surface area contributed by atoms with Crippen LogP contribution in [0.5, 0.6) is 0 Å². The third-order valence-electron chi connectivity index (χ3n) is 0.893. The molecule has 0 aliphatic rings. The first-order valence-corrected chi connectivity index (χ1v) is 7.18. The zero-order valence-corrected chi connectivity index (χ0v) is 10.9. The van der Waals surface area contributed by atoms with Crippen molar-refractivity contribution < 1.29 is 52.8 Å². The first kappa shape index (κ1) is 20.0. The Kier molecular flexibility index (Phi) is 9.66. The number of rotatable bonds is 5. The maximum atomic E-state index is 9.93. The summed E-state index contributed by atoms with van der Waals surface area (Å²) in [5.74, 6) is -0.988. The number of aliphatic hydroxyl groups excluding tert-OH is 2. The molecule has 6 N–H and O–H groups in total. The molecule has 0 amide bonds. The molecule has 13 heteroatoms. The Morgan fingerprint density at radius 2 is 1.61 bits per heavy atom. The van der Waals surface area contributed by atoms with Gasteiger partial charge in [-0.3, -0.25) is 19.1 Å². The minimum absolute atomic E-state index is 0.569. The van der Waals surface area contributed by atoms with E-state index >= 15 is 0 Å². The number of hydrogen-bond donors (Lipinski definition) is 6. The van der Waals surface area contributed by atoms with Crippen LogP contribution < -0.4 is 0 Å². The number of phosphoric acid groups is 2. The van der Waals surface area contributed by atoms with E-state index in [1.807, 2.05) is 0 Å². The number of carbonyl (C=O) groups is 1. The lowest BCUT2D eigenvalue weighted by Crippen LogP contribution is -2.18. The highest BCUT2D eigenvalue weighted by atomic mass is 31.2. The van der Waals surface area contributed by atoms with Crippen LogP contribution in [-0.4, -0.2) is 55.1 Å². The van der Waals surface area contributed by atoms with Gasteiger partial charge in [0.05, 0.1) is 13.2 Å². The minimum atomic E-state index is -4.57. The molecule has 0 bridgehead atoms. The smallest absolute Gasteiger partial charge is 0.394 e. The van der Waals surface area contributed by atoms with Gasteiger partial charge in [0.15, 0.2) is 0 Å². The quantitative estimate of drug-likeness (QED) is 0.310. The molecule has 0 saturated carbocycles. The Hall–Kier alpha value is -0.350. The third-order valence-corrected chi connectivity index (χ3v) is 1.87. The first-order chi connectivity index (χ1) is 7.87. The molecule has 11 nitrogen and oxygen atoms in total. The molecule has 18 heavy (non-hydrogen) atoms. The standard InChI is InChI=1S/C3H9O6P.C2H5O5P/c4-1-3(5)2-9-10(6,7)8;1-2(3)7-8(4,5)6/h3-5H,1-2H2,(H2,6,7,8);1H3,(H2,4,5,6). The fourth-order valence-electron chi connectivity index (χ4n) is 0.403. The van der Waals surface area contributed by atoms with E-state index in [1.165, 1.54) is 0 Å². The Morgan fingerprint density at radius 3 is 1.78 bits per heavy atom. The molecule has 0 aromatic carbocycles. The van der Waals surface area contributed by atoms with Crippen molar-refractivity contribution in [1.29, 1.82) is 0 Å². The van der Waals surface area contributed by atoms with Crippen LogP contribution in [0.15, 0.2) is 0 Å². The molecule has 0 radical (unpaired) electrons. The largest absolute Gasteiger partial charge is 0.526 e. The van der Waals surface area contributed by atoms with Crippen molar-refractivity contribution in [3.05, 3.63) is 0 Å². The van der Waals surface area contributed by atoms with E-state index in [2.05, 4.69) is 9.05 Å². The average molecular weight is 312 g/mol. The fraction of sp³-hybridized carbons (Fsp3) is 0.800. The first-order valence-electron chi connectivity index (χ1n) is 4.12. The maximum absolute atomic E-state index is 9.93. The van der Waals surface area contributed by atoms with Crippen molar-refractivity contribution in [2.75, 3.05) is 13.2 Å². The van der Waals surface area contributed by atoms with Crippen LogP contribution in [0.4, 0.5) is 0 Å². The molecule has 0 aliphatic carbocycles. The second-order valence-corrected chi connectivity index (χ2v) is 5.10. The van der Waals surface area contributed by atoms with Crippen LogP contribution in [0, 0.1) is 0 Å². The molecule has 110 valence electrons. The number of hydrogen-bond acceptors (Lipinski definition) is 7. The second-order valence-electron chi connectivity index (χ2n) is 2.70. The topological polar surface area (TPSA) is 191 Å². The molecule has 0 aromatic rings. The third kappa shape index (κ3) is 21.0. The highest BCUT2D eigenvalue weighted by Gasteiger charge is 2.16. The molecule has 0 rings (SSSR count). The summed E-state index contributed by atoms with van der Waals surface area (Å²) in [6.07, 6.45) is -1.24. The monoisotopic (exact) mass is 312 g/mol. The summed E-state index contributed by atoms with van der Waals surface area (Å²) in [4.78, 5) is 41.6. The molecule has 0 aromatic heterocycles. The zero-order valence-electron chi connectivity index (χ0n) is 9.11. The van der Waals surface area contributed by atoms with Gasteiger partial charge in [0.25, 0.3) is 0 Å². The van der Waals surface area contributed by atoms with Crippen LogP contribution in [0.25, 0.3) is 0 Å². The van der Waals surface area contributed by atoms with Crippen LogP contribution in [0.1, 0.15) is 6.92 Å². The highest BCUT2D eigenvalue weighted by molar-refractivity contribution is 7.47. The summed E-state index contributed by atoms with van der Waals surface area (Å²) in [5.41, 5.74) is 0. The molecule has 1 unspecified atom stereocenters. The summed E-state index contributed by atoms with van der Waals surface area (Å²) in [7, 11) is -9.08. The van der Waals surface area contributed by atoms with Gasteiger partial charge in [-0.1, -0.05) is 0 Å². The molecule has 0 aliphatic heterocycles. The van der Waals surface area contributed by atoms with Gasteiger partial charge >= 0.3 is 21.6 Å². The predicted molar refractivity (Wildman–Crippen MR) is 54.9 cm³/mol. The van der Waals surface area contributed by atoms with Crippen LogP contribution in [-0.2, 0) is 23.0 Å². The van der Waals surface area contributed by atoms with Crippen LogP contribution >= 0.6 is 15.6 Å². The fourth-order valence-corrected chi connectivity index (χ4v) is 1.10. The van der Waals surface area contributed by atoms with Gasteiger partial charge in [0, 0.05) is 6.92 Å². The van der Waals surface area contributed by atoms with Gasteiger partial charge in [0.1, 0.15) is 6.10 Å². The lowest BCUT2D eigenvalue weighted by Gasteiger charge is -2.07. The second kappa shape index (κ2) is 8.70. The van der Waals surface area contributed by atoms with Gasteiger partial charge in [-0.2, -0.15) is 0 Å². The summed E-state index contributed by atoms with van der Waals surface area (Å²) in [5, 5.41) is 16.7. The Balaban J connectivity index is 0. The molecule has 0 fully saturated rings. The summed E-state index contributed by atoms with van der Waals surface area (Å²) in [6.45, 7) is -0.236. The van der Waals surface area contributed by atoms with Gasteiger partial charge < -0.3 is 24.5 Å². The summed E-state index contributed by atoms with van der Waals surface area (Å²) < 4.78 is 26.9. The SMILES string of the molecule is CC(=O)OP(=O)(O)O.O=P(O)(O)OCC(O)CO. The van der Waals surface area contributed by atoms with Crippen molar-refractivity contribution in [1.82, 2.24) is 0 Å². The van der Waals surface area contributed by atoms with Crippen LogP contribution in [0.3, 0.4) is 0 Å². The van der Waals surface area contributed by atoms with Gasteiger partial charge in [-0.25, -0.2) is 9.13 Å². The molecular formula is C5H14O11P2. The average Bonchev–Trinajstić information content (AvgIpc) is 2.09. The van der Waals surface area contributed by atoms with Crippen molar-refractivity contribution in [2.24, 2.45) is 0 Å². The molecule has 0 heterocycles. The Morgan fingerprint density at radius 1 is 1.17 bits per heavy atom. The van der Waals surface area contributed by atoms with E-state index in [9.17, 15) is 13.9 Å². The lowest BCUT2D eigenvalue weighted by atomic mass is 10.4. The highest BCUT2D eigenvalue weighted by Crippen LogP contribution is 2.35. The Bertz CT molecular complexity index is 328.